The highest BCUT2D eigenvalue weighted by Gasteiger charge is 2.30. The van der Waals surface area contributed by atoms with Crippen LogP contribution in [0.2, 0.25) is 0 Å². The Morgan fingerprint density at radius 3 is 2.45 bits per heavy atom. The molecular formula is C21H19F3N2O2S. The lowest BCUT2D eigenvalue weighted by atomic mass is 10.1. The quantitative estimate of drug-likeness (QED) is 0.554. The summed E-state index contributed by atoms with van der Waals surface area (Å²) in [4.78, 5) is 18.0. The third-order valence-corrected chi connectivity index (χ3v) is 5.17. The Labute approximate surface area is 170 Å². The topological polar surface area (TPSA) is 42.4 Å². The van der Waals surface area contributed by atoms with Crippen LogP contribution in [0.5, 0.6) is 5.75 Å². The Balaban J connectivity index is 1.71. The number of alkyl halides is 3. The number of hydrogen-bond donors (Lipinski definition) is 0. The number of aromatic nitrogens is 1. The first-order valence-electron chi connectivity index (χ1n) is 8.72. The Bertz CT molecular complexity index is 1010. The van der Waals surface area contributed by atoms with Gasteiger partial charge in [0.2, 0.25) is 0 Å². The van der Waals surface area contributed by atoms with Crippen molar-refractivity contribution in [3.63, 3.8) is 0 Å². The van der Waals surface area contributed by atoms with Gasteiger partial charge in [-0.2, -0.15) is 13.2 Å². The second kappa shape index (κ2) is 8.24. The monoisotopic (exact) mass is 420 g/mol. The molecule has 0 N–H and O–H groups in total. The predicted molar refractivity (Wildman–Crippen MR) is 106 cm³/mol. The first kappa shape index (κ1) is 20.9. The zero-order valence-corrected chi connectivity index (χ0v) is 16.9. The van der Waals surface area contributed by atoms with Crippen LogP contribution < -0.4 is 4.74 Å². The zero-order valence-electron chi connectivity index (χ0n) is 16.1. The first-order chi connectivity index (χ1) is 13.6. The summed E-state index contributed by atoms with van der Waals surface area (Å²) in [5.41, 5.74) is 2.00. The normalized spacial score (nSPS) is 11.4. The van der Waals surface area contributed by atoms with Crippen molar-refractivity contribution < 1.29 is 22.7 Å². The average molecular weight is 420 g/mol. The van der Waals surface area contributed by atoms with E-state index in [0.29, 0.717) is 27.6 Å². The Morgan fingerprint density at radius 1 is 1.14 bits per heavy atom. The molecule has 8 heteroatoms. The number of carbonyl (C=O) groups is 1. The van der Waals surface area contributed by atoms with E-state index in [1.807, 2.05) is 13.0 Å². The van der Waals surface area contributed by atoms with Gasteiger partial charge >= 0.3 is 6.18 Å². The fraction of sp³-hybridized carbons (Fsp3) is 0.238. The molecule has 0 saturated heterocycles. The van der Waals surface area contributed by atoms with E-state index >= 15 is 0 Å². The molecule has 0 fully saturated rings. The first-order valence-corrected chi connectivity index (χ1v) is 9.60. The largest absolute Gasteiger partial charge is 0.487 e. The van der Waals surface area contributed by atoms with E-state index in [2.05, 4.69) is 4.98 Å². The summed E-state index contributed by atoms with van der Waals surface area (Å²) in [7, 11) is 3.36. The van der Waals surface area contributed by atoms with Crippen LogP contribution in [0.25, 0.3) is 10.6 Å². The highest BCUT2D eigenvalue weighted by molar-refractivity contribution is 7.13. The van der Waals surface area contributed by atoms with E-state index < -0.39 is 11.7 Å². The maximum Gasteiger partial charge on any atom is 0.416 e. The molecule has 0 saturated carbocycles. The molecule has 3 rings (SSSR count). The fourth-order valence-electron chi connectivity index (χ4n) is 2.61. The second-order valence-corrected chi connectivity index (χ2v) is 7.55. The summed E-state index contributed by atoms with van der Waals surface area (Å²) in [5.74, 6) is 0.467. The highest BCUT2D eigenvalue weighted by atomic mass is 32.1. The van der Waals surface area contributed by atoms with Crippen LogP contribution in [0.1, 0.15) is 27.2 Å². The van der Waals surface area contributed by atoms with E-state index in [-0.39, 0.29) is 12.5 Å². The SMILES string of the molecule is Cc1ccc(C(=O)N(C)C)cc1OCc1csc(-c2ccc(C(F)(F)F)cc2)n1. The lowest BCUT2D eigenvalue weighted by molar-refractivity contribution is -0.137. The Kier molecular flexibility index (Phi) is 5.93. The van der Waals surface area contributed by atoms with E-state index in [9.17, 15) is 18.0 Å². The van der Waals surface area contributed by atoms with Gasteiger partial charge in [0.25, 0.3) is 5.91 Å². The van der Waals surface area contributed by atoms with Crippen LogP contribution in [0.4, 0.5) is 13.2 Å². The van der Waals surface area contributed by atoms with Crippen LogP contribution in [-0.4, -0.2) is 29.9 Å². The lowest BCUT2D eigenvalue weighted by Crippen LogP contribution is -2.21. The number of amides is 1. The van der Waals surface area contributed by atoms with Gasteiger partial charge in [0, 0.05) is 30.6 Å². The van der Waals surface area contributed by atoms with Gasteiger partial charge in [0.05, 0.1) is 11.3 Å². The molecule has 1 amide bonds. The molecule has 0 aliphatic rings. The van der Waals surface area contributed by atoms with Crippen molar-refractivity contribution >= 4 is 17.2 Å². The van der Waals surface area contributed by atoms with E-state index in [1.165, 1.54) is 28.4 Å². The smallest absolute Gasteiger partial charge is 0.416 e. The summed E-state index contributed by atoms with van der Waals surface area (Å²) in [5, 5.41) is 2.42. The molecule has 0 spiro atoms. The van der Waals surface area contributed by atoms with Crippen LogP contribution >= 0.6 is 11.3 Å². The number of halogens is 3. The summed E-state index contributed by atoms with van der Waals surface area (Å²) in [6.07, 6.45) is -4.36. The minimum Gasteiger partial charge on any atom is -0.487 e. The number of hydrogen-bond acceptors (Lipinski definition) is 4. The van der Waals surface area contributed by atoms with Gasteiger partial charge in [-0.15, -0.1) is 11.3 Å². The third-order valence-electron chi connectivity index (χ3n) is 4.23. The summed E-state index contributed by atoms with van der Waals surface area (Å²) in [6, 6.07) is 10.2. The van der Waals surface area contributed by atoms with Crippen molar-refractivity contribution in [1.29, 1.82) is 0 Å². The summed E-state index contributed by atoms with van der Waals surface area (Å²) in [6.45, 7) is 2.07. The summed E-state index contributed by atoms with van der Waals surface area (Å²) < 4.78 is 43.9. The third kappa shape index (κ3) is 4.95. The molecule has 2 aromatic carbocycles. The molecule has 1 aromatic heterocycles. The van der Waals surface area contributed by atoms with Crippen LogP contribution in [0.3, 0.4) is 0 Å². The van der Waals surface area contributed by atoms with Crippen molar-refractivity contribution in [2.24, 2.45) is 0 Å². The molecule has 1 heterocycles. The van der Waals surface area contributed by atoms with Gasteiger partial charge in [0.1, 0.15) is 17.4 Å². The second-order valence-electron chi connectivity index (χ2n) is 6.69. The zero-order chi connectivity index (χ0) is 21.2. The van der Waals surface area contributed by atoms with Crippen molar-refractivity contribution in [3.8, 4) is 16.3 Å². The van der Waals surface area contributed by atoms with Crippen molar-refractivity contribution in [3.05, 3.63) is 70.2 Å². The maximum atomic E-state index is 12.7. The molecule has 0 atom stereocenters. The number of thiazole rings is 1. The van der Waals surface area contributed by atoms with Gasteiger partial charge in [-0.1, -0.05) is 18.2 Å². The summed E-state index contributed by atoms with van der Waals surface area (Å²) >= 11 is 1.33. The van der Waals surface area contributed by atoms with E-state index in [0.717, 1.165) is 17.7 Å². The number of ether oxygens (including phenoxy) is 1. The number of benzene rings is 2. The average Bonchev–Trinajstić information content (AvgIpc) is 3.15. The molecule has 3 aromatic rings. The van der Waals surface area contributed by atoms with Crippen LogP contribution in [-0.2, 0) is 12.8 Å². The molecule has 0 aliphatic heterocycles. The minimum atomic E-state index is -4.36. The highest BCUT2D eigenvalue weighted by Crippen LogP contribution is 2.32. The molecule has 152 valence electrons. The molecule has 0 radical (unpaired) electrons. The molecule has 0 unspecified atom stereocenters. The van der Waals surface area contributed by atoms with Crippen molar-refractivity contribution in [1.82, 2.24) is 9.88 Å². The molecule has 0 bridgehead atoms. The lowest BCUT2D eigenvalue weighted by Gasteiger charge is -2.13. The molecule has 4 nitrogen and oxygen atoms in total. The van der Waals surface area contributed by atoms with Crippen molar-refractivity contribution in [2.75, 3.05) is 14.1 Å². The van der Waals surface area contributed by atoms with Gasteiger partial charge in [-0.25, -0.2) is 4.98 Å². The van der Waals surface area contributed by atoms with Crippen LogP contribution in [0, 0.1) is 6.92 Å². The van der Waals surface area contributed by atoms with Crippen LogP contribution in [0.15, 0.2) is 47.8 Å². The Hall–Kier alpha value is -2.87. The number of rotatable bonds is 5. The number of aryl methyl sites for hydroxylation is 1. The molecule has 0 aliphatic carbocycles. The Morgan fingerprint density at radius 2 is 1.83 bits per heavy atom. The van der Waals surface area contributed by atoms with Crippen molar-refractivity contribution in [2.45, 2.75) is 19.7 Å². The van der Waals surface area contributed by atoms with E-state index in [4.69, 9.17) is 4.74 Å². The van der Waals surface area contributed by atoms with Gasteiger partial charge in [0.15, 0.2) is 0 Å². The fourth-order valence-corrected chi connectivity index (χ4v) is 3.42. The van der Waals surface area contributed by atoms with Gasteiger partial charge in [-0.05, 0) is 36.8 Å². The van der Waals surface area contributed by atoms with Gasteiger partial charge < -0.3 is 9.64 Å². The van der Waals surface area contributed by atoms with E-state index in [1.54, 1.807) is 31.6 Å². The standard InChI is InChI=1S/C21H19F3N2O2S/c1-13-4-5-15(20(27)26(2)3)10-18(13)28-11-17-12-29-19(25-17)14-6-8-16(9-7-14)21(22,23)24/h4-10,12H,11H2,1-3H3. The maximum absolute atomic E-state index is 12.7. The molecular weight excluding hydrogens is 401 g/mol. The number of nitrogens with zero attached hydrogens (tertiary/aromatic N) is 2. The molecule has 29 heavy (non-hydrogen) atoms. The predicted octanol–water partition coefficient (Wildman–Crippen LogP) is 5.42. The number of carbonyl (C=O) groups excluding carboxylic acids is 1. The van der Waals surface area contributed by atoms with Gasteiger partial charge in [-0.3, -0.25) is 4.79 Å². The minimum absolute atomic E-state index is 0.118.